The van der Waals surface area contributed by atoms with E-state index in [2.05, 4.69) is 5.32 Å². The number of allylic oxidation sites excluding steroid dienone is 1. The van der Waals surface area contributed by atoms with Crippen molar-refractivity contribution in [3.05, 3.63) is 57.8 Å². The number of ether oxygens (including phenoxy) is 1. The van der Waals surface area contributed by atoms with Crippen LogP contribution in [-0.2, 0) is 14.3 Å². The Morgan fingerprint density at radius 2 is 1.88 bits per heavy atom. The number of hydrogen-bond donors (Lipinski definition) is 1. The first-order valence-electron chi connectivity index (χ1n) is 11.1. The van der Waals surface area contributed by atoms with Crippen molar-refractivity contribution < 1.29 is 14.3 Å². The number of rotatable bonds is 6. The molecule has 1 aromatic carbocycles. The van der Waals surface area contributed by atoms with Gasteiger partial charge in [0.1, 0.15) is 5.60 Å². The number of aliphatic imine (C=N–C) groups is 1. The molecule has 0 saturated heterocycles. The van der Waals surface area contributed by atoms with Gasteiger partial charge in [-0.15, -0.1) is 0 Å². The van der Waals surface area contributed by atoms with E-state index in [1.54, 1.807) is 0 Å². The Hall–Kier alpha value is -2.54. The largest absolute Gasteiger partial charge is 0.456 e. The molecule has 0 spiro atoms. The smallest absolute Gasteiger partial charge is 0.338 e. The summed E-state index contributed by atoms with van der Waals surface area (Å²) in [6, 6.07) is 7.76. The molecule has 4 rings (SSSR count). The fourth-order valence-electron chi connectivity index (χ4n) is 3.84. The molecule has 3 aliphatic rings. The van der Waals surface area contributed by atoms with Crippen molar-refractivity contribution in [3.8, 4) is 0 Å². The topological polar surface area (TPSA) is 71.0 Å². The number of fused-ring (bicyclic) bond motifs is 1. The quantitative estimate of drug-likeness (QED) is 0.625. The Kier molecular flexibility index (Phi) is 6.21. The monoisotopic (exact) mass is 453 g/mol. The molecule has 6 nitrogen and oxygen atoms in total. The predicted octanol–water partition coefficient (Wildman–Crippen LogP) is 4.83. The summed E-state index contributed by atoms with van der Waals surface area (Å²) < 4.78 is 5.76. The Morgan fingerprint density at radius 1 is 1.19 bits per heavy atom. The van der Waals surface area contributed by atoms with Crippen LogP contribution in [0.15, 0.2) is 51.6 Å². The maximum absolute atomic E-state index is 13.3. The van der Waals surface area contributed by atoms with E-state index >= 15 is 0 Å². The van der Waals surface area contributed by atoms with Gasteiger partial charge in [-0.2, -0.15) is 0 Å². The average molecular weight is 454 g/mol. The molecule has 0 radical (unpaired) electrons. The molecular weight excluding hydrogens is 422 g/mol. The SMILES string of the molecule is CC1=C(C(=O)OC(C)(C)C)C(c2ccc(C)cc2)N2C(CC(=O)NCC3CC3)=CSC2=N1. The van der Waals surface area contributed by atoms with Crippen LogP contribution in [0, 0.1) is 12.8 Å². The number of nitrogens with zero attached hydrogens (tertiary/aromatic N) is 2. The zero-order valence-electron chi connectivity index (χ0n) is 19.4. The molecule has 7 heteroatoms. The Labute approximate surface area is 194 Å². The highest BCUT2D eigenvalue weighted by Gasteiger charge is 2.41. The third kappa shape index (κ3) is 5.09. The molecule has 0 aromatic heterocycles. The van der Waals surface area contributed by atoms with Crippen LogP contribution in [-0.4, -0.2) is 34.1 Å². The Bertz CT molecular complexity index is 1010. The minimum Gasteiger partial charge on any atom is -0.456 e. The number of amides is 1. The molecule has 1 unspecified atom stereocenters. The first kappa shape index (κ1) is 22.6. The van der Waals surface area contributed by atoms with Gasteiger partial charge in [-0.1, -0.05) is 41.6 Å². The van der Waals surface area contributed by atoms with E-state index in [9.17, 15) is 9.59 Å². The second-order valence-corrected chi connectivity index (χ2v) is 10.6. The van der Waals surface area contributed by atoms with Crippen molar-refractivity contribution >= 4 is 28.8 Å². The lowest BCUT2D eigenvalue weighted by Crippen LogP contribution is -2.39. The van der Waals surface area contributed by atoms with E-state index in [1.807, 2.05) is 69.2 Å². The van der Waals surface area contributed by atoms with Crippen LogP contribution in [0.25, 0.3) is 0 Å². The number of aryl methyl sites for hydroxylation is 1. The highest BCUT2D eigenvalue weighted by Crippen LogP contribution is 2.45. The third-order valence-corrected chi connectivity index (χ3v) is 6.53. The molecule has 0 bridgehead atoms. The lowest BCUT2D eigenvalue weighted by Gasteiger charge is -2.37. The van der Waals surface area contributed by atoms with Crippen molar-refractivity contribution in [2.75, 3.05) is 6.54 Å². The molecule has 1 aliphatic carbocycles. The second-order valence-electron chi connectivity index (χ2n) is 9.73. The number of thioether (sulfide) groups is 1. The number of esters is 1. The van der Waals surface area contributed by atoms with Crippen LogP contribution in [0.3, 0.4) is 0 Å². The van der Waals surface area contributed by atoms with E-state index in [0.717, 1.165) is 28.5 Å². The summed E-state index contributed by atoms with van der Waals surface area (Å²) in [5.41, 5.74) is 3.50. The fourth-order valence-corrected chi connectivity index (χ4v) is 4.80. The van der Waals surface area contributed by atoms with Gasteiger partial charge >= 0.3 is 5.97 Å². The first-order valence-corrected chi connectivity index (χ1v) is 12.0. The van der Waals surface area contributed by atoms with Crippen molar-refractivity contribution in [2.24, 2.45) is 10.9 Å². The molecule has 1 aromatic rings. The van der Waals surface area contributed by atoms with Crippen molar-refractivity contribution in [3.63, 3.8) is 0 Å². The third-order valence-electron chi connectivity index (χ3n) is 5.64. The van der Waals surface area contributed by atoms with Gasteiger partial charge in [0, 0.05) is 12.2 Å². The molecule has 170 valence electrons. The maximum atomic E-state index is 13.3. The maximum Gasteiger partial charge on any atom is 0.338 e. The summed E-state index contributed by atoms with van der Waals surface area (Å²) in [5.74, 6) is 0.248. The number of hydrogen-bond acceptors (Lipinski definition) is 6. The van der Waals surface area contributed by atoms with E-state index in [4.69, 9.17) is 9.73 Å². The van der Waals surface area contributed by atoms with Gasteiger partial charge in [-0.25, -0.2) is 9.79 Å². The van der Waals surface area contributed by atoms with Gasteiger partial charge < -0.3 is 15.0 Å². The standard InChI is InChI=1S/C25H31N3O3S/c1-15-6-10-18(11-7-15)22-21(23(30)31-25(3,4)5)16(2)27-24-28(22)19(14-32-24)12-20(29)26-13-17-8-9-17/h6-7,10-11,14,17,22H,8-9,12-13H2,1-5H3,(H,26,29). The molecule has 32 heavy (non-hydrogen) atoms. The molecule has 1 N–H and O–H groups in total. The minimum atomic E-state index is -0.618. The summed E-state index contributed by atoms with van der Waals surface area (Å²) in [5, 5.41) is 5.80. The zero-order valence-corrected chi connectivity index (χ0v) is 20.2. The van der Waals surface area contributed by atoms with E-state index in [1.165, 1.54) is 24.6 Å². The fraction of sp³-hybridized carbons (Fsp3) is 0.480. The van der Waals surface area contributed by atoms with Crippen LogP contribution in [0.5, 0.6) is 0 Å². The van der Waals surface area contributed by atoms with Gasteiger partial charge in [0.05, 0.1) is 23.7 Å². The molecule has 1 saturated carbocycles. The summed E-state index contributed by atoms with van der Waals surface area (Å²) in [7, 11) is 0. The summed E-state index contributed by atoms with van der Waals surface area (Å²) in [6.07, 6.45) is 2.64. The number of amidine groups is 1. The highest BCUT2D eigenvalue weighted by atomic mass is 32.2. The average Bonchev–Trinajstić information content (AvgIpc) is 3.46. The van der Waals surface area contributed by atoms with Crippen LogP contribution in [0.4, 0.5) is 0 Å². The van der Waals surface area contributed by atoms with Crippen molar-refractivity contribution in [1.29, 1.82) is 0 Å². The molecule has 1 fully saturated rings. The predicted molar refractivity (Wildman–Crippen MR) is 128 cm³/mol. The lowest BCUT2D eigenvalue weighted by molar-refractivity contribution is -0.150. The van der Waals surface area contributed by atoms with Crippen molar-refractivity contribution in [1.82, 2.24) is 10.2 Å². The van der Waals surface area contributed by atoms with Crippen LogP contribution in [0.2, 0.25) is 0 Å². The number of benzene rings is 1. The number of carbonyl (C=O) groups is 2. The summed E-state index contributed by atoms with van der Waals surface area (Å²) in [6.45, 7) is 10.2. The summed E-state index contributed by atoms with van der Waals surface area (Å²) in [4.78, 5) is 32.7. The highest BCUT2D eigenvalue weighted by molar-refractivity contribution is 8.16. The first-order chi connectivity index (χ1) is 15.1. The van der Waals surface area contributed by atoms with Gasteiger partial charge in [0.25, 0.3) is 0 Å². The van der Waals surface area contributed by atoms with Gasteiger partial charge in [0.15, 0.2) is 5.17 Å². The summed E-state index contributed by atoms with van der Waals surface area (Å²) >= 11 is 1.49. The Morgan fingerprint density at radius 3 is 2.50 bits per heavy atom. The Balaban J connectivity index is 1.67. The lowest BCUT2D eigenvalue weighted by atomic mass is 9.93. The molecule has 1 atom stereocenters. The molecule has 2 aliphatic heterocycles. The van der Waals surface area contributed by atoms with Crippen molar-refractivity contribution in [2.45, 2.75) is 65.5 Å². The van der Waals surface area contributed by atoms with Gasteiger partial charge in [-0.3, -0.25) is 4.79 Å². The van der Waals surface area contributed by atoms with Gasteiger partial charge in [-0.05, 0) is 64.3 Å². The van der Waals surface area contributed by atoms with E-state index in [-0.39, 0.29) is 18.3 Å². The van der Waals surface area contributed by atoms with Crippen LogP contribution < -0.4 is 5.32 Å². The van der Waals surface area contributed by atoms with Crippen LogP contribution >= 0.6 is 11.8 Å². The van der Waals surface area contributed by atoms with E-state index < -0.39 is 11.6 Å². The normalized spacial score (nSPS) is 20.5. The minimum absolute atomic E-state index is 0.00208. The zero-order chi connectivity index (χ0) is 23.0. The van der Waals surface area contributed by atoms with E-state index in [0.29, 0.717) is 17.2 Å². The van der Waals surface area contributed by atoms with Gasteiger partial charge in [0.2, 0.25) is 5.91 Å². The molecule has 2 heterocycles. The molecule has 1 amide bonds. The van der Waals surface area contributed by atoms with Crippen LogP contribution in [0.1, 0.15) is 64.1 Å². The number of nitrogens with one attached hydrogen (secondary N) is 1. The molecular formula is C25H31N3O3S. The second kappa shape index (κ2) is 8.77. The number of carbonyl (C=O) groups excluding carboxylic acids is 2.